The predicted octanol–water partition coefficient (Wildman–Crippen LogP) is -3.09. The van der Waals surface area contributed by atoms with E-state index < -0.39 is 51.5 Å². The molecule has 2 aliphatic rings. The van der Waals surface area contributed by atoms with Gasteiger partial charge in [-0.05, 0) is 19.9 Å². The first-order chi connectivity index (χ1) is 20.3. The van der Waals surface area contributed by atoms with E-state index >= 15 is 0 Å². The van der Waals surface area contributed by atoms with E-state index in [2.05, 4.69) is 36.0 Å². The van der Waals surface area contributed by atoms with Gasteiger partial charge < -0.3 is 37.8 Å². The van der Waals surface area contributed by atoms with E-state index in [0.717, 1.165) is 16.1 Å². The maximum absolute atomic E-state index is 13.3. The summed E-state index contributed by atoms with van der Waals surface area (Å²) in [5.74, 6) is -3.30. The zero-order chi connectivity index (χ0) is 31.5. The number of anilines is 1. The molecule has 2 fully saturated rings. The van der Waals surface area contributed by atoms with Crippen molar-refractivity contribution in [2.45, 2.75) is 57.0 Å². The van der Waals surface area contributed by atoms with Crippen molar-refractivity contribution in [3.63, 3.8) is 0 Å². The van der Waals surface area contributed by atoms with Gasteiger partial charge >= 0.3 is 16.3 Å². The maximum atomic E-state index is 13.3. The van der Waals surface area contributed by atoms with Crippen molar-refractivity contribution in [2.75, 3.05) is 18.8 Å². The molecule has 1 aliphatic carbocycles. The topological polar surface area (TPSA) is 309 Å². The monoisotopic (exact) mass is 642 g/mol. The fourth-order valence-corrected chi connectivity index (χ4v) is 5.36. The number of carbonyl (C=O) groups excluding carboxylic acids is 2. The van der Waals surface area contributed by atoms with E-state index in [1.807, 2.05) is 0 Å². The number of guanidine groups is 1. The summed E-state index contributed by atoms with van der Waals surface area (Å²) in [4.78, 5) is 51.9. The summed E-state index contributed by atoms with van der Waals surface area (Å²) in [6.45, 7) is 2.31. The number of carbonyl (C=O) groups is 3. The van der Waals surface area contributed by atoms with Gasteiger partial charge in [0.25, 0.3) is 11.8 Å². The van der Waals surface area contributed by atoms with Crippen molar-refractivity contribution in [1.29, 1.82) is 0 Å². The Hall–Kier alpha value is -4.41. The molecule has 1 saturated heterocycles. The molecule has 0 spiro atoms. The lowest BCUT2D eigenvalue weighted by atomic mass is 9.98. The molecular formula is C21H30N12O8S2. The van der Waals surface area contributed by atoms with E-state index in [1.165, 1.54) is 5.38 Å². The molecule has 10 N–H and O–H groups in total. The minimum Gasteiger partial charge on any atom is -0.478 e. The van der Waals surface area contributed by atoms with Crippen molar-refractivity contribution < 1.29 is 37.3 Å². The number of aliphatic imine (C=N–C) groups is 1. The lowest BCUT2D eigenvalue weighted by Gasteiger charge is -2.43. The Labute approximate surface area is 248 Å². The van der Waals surface area contributed by atoms with E-state index in [4.69, 9.17) is 22.0 Å². The maximum Gasteiger partial charge on any atom is 0.362 e. The molecule has 2 amide bonds. The number of carboxylic acid groups (broad SMARTS) is 1. The first kappa shape index (κ1) is 31.5. The molecule has 4 rings (SSSR count). The molecule has 0 bridgehead atoms. The number of nitrogen functional groups attached to an aromatic ring is 1. The summed E-state index contributed by atoms with van der Waals surface area (Å²) in [6.07, 6.45) is 1.01. The van der Waals surface area contributed by atoms with Crippen LogP contribution >= 0.6 is 11.3 Å². The van der Waals surface area contributed by atoms with Gasteiger partial charge in [0.15, 0.2) is 16.8 Å². The van der Waals surface area contributed by atoms with E-state index in [-0.39, 0.29) is 47.0 Å². The van der Waals surface area contributed by atoms with E-state index in [1.54, 1.807) is 6.92 Å². The normalized spacial score (nSPS) is 20.0. The number of oxime groups is 1. The molecule has 2 aromatic heterocycles. The van der Waals surface area contributed by atoms with Crippen LogP contribution < -0.4 is 27.8 Å². The van der Waals surface area contributed by atoms with Crippen molar-refractivity contribution in [2.24, 2.45) is 21.6 Å². The van der Waals surface area contributed by atoms with E-state index in [9.17, 15) is 32.5 Å². The van der Waals surface area contributed by atoms with Crippen molar-refractivity contribution >= 4 is 56.2 Å². The van der Waals surface area contributed by atoms with Gasteiger partial charge in [0.1, 0.15) is 23.5 Å². The highest BCUT2D eigenvalue weighted by Crippen LogP contribution is 2.40. The molecule has 1 aliphatic heterocycles. The number of carboxylic acids is 1. The minimum atomic E-state index is -5.03. The van der Waals surface area contributed by atoms with Gasteiger partial charge in [-0.1, -0.05) is 5.16 Å². The zero-order valence-electron chi connectivity index (χ0n) is 22.7. The minimum absolute atomic E-state index is 0.0352. The van der Waals surface area contributed by atoms with Crippen molar-refractivity contribution in [3.8, 4) is 0 Å². The Morgan fingerprint density at radius 1 is 1.33 bits per heavy atom. The number of amides is 2. The van der Waals surface area contributed by atoms with Crippen LogP contribution in [0, 0.1) is 6.92 Å². The second kappa shape index (κ2) is 12.4. The smallest absolute Gasteiger partial charge is 0.362 e. The SMILES string of the molecule is Cc1nn(CC2C(NC(=O)C(=NOC3(C(=O)O)CC3)c3csc(N)n3)C(=O)N2S(=O)(=O)O)nc1CN=C(N)NCCCN. The zero-order valence-corrected chi connectivity index (χ0v) is 24.3. The van der Waals surface area contributed by atoms with Gasteiger partial charge in [0, 0.05) is 24.8 Å². The third kappa shape index (κ3) is 7.15. The highest BCUT2D eigenvalue weighted by Gasteiger charge is 2.56. The Morgan fingerprint density at radius 3 is 2.63 bits per heavy atom. The van der Waals surface area contributed by atoms with Crippen molar-refractivity contribution in [1.82, 2.24) is 34.9 Å². The van der Waals surface area contributed by atoms with Crippen molar-refractivity contribution in [3.05, 3.63) is 22.5 Å². The van der Waals surface area contributed by atoms with Crippen LogP contribution in [0.25, 0.3) is 0 Å². The molecule has 3 heterocycles. The molecule has 2 aromatic rings. The number of nitrogens with one attached hydrogen (secondary N) is 2. The standard InChI is InChI=1S/C21H30N12O8S2/c1-10-11(7-26-19(23)25-6-2-5-22)30-32(29-10)8-13-15(17(35)33(13)43(38,39)40)28-16(34)14(12-9-42-20(24)27-12)31-41-21(3-4-21)18(36)37/h9,13,15H,2-8,22H2,1H3,(H2,24,27)(H,28,34)(H,36,37)(H3,23,25,26)(H,38,39,40). The van der Waals surface area contributed by atoms with Crippen LogP contribution in [0.4, 0.5) is 5.13 Å². The summed E-state index contributed by atoms with van der Waals surface area (Å²) in [5.41, 5.74) is 15.6. The molecule has 2 unspecified atom stereocenters. The summed E-state index contributed by atoms with van der Waals surface area (Å²) >= 11 is 0.965. The second-order valence-electron chi connectivity index (χ2n) is 9.59. The molecule has 20 nitrogen and oxygen atoms in total. The number of aliphatic carboxylic acids is 1. The van der Waals surface area contributed by atoms with Crippen LogP contribution in [0.1, 0.15) is 36.3 Å². The molecule has 1 saturated carbocycles. The molecule has 22 heteroatoms. The molecule has 234 valence electrons. The Morgan fingerprint density at radius 2 is 2.05 bits per heavy atom. The predicted molar refractivity (Wildman–Crippen MR) is 150 cm³/mol. The number of nitrogens with two attached hydrogens (primary N) is 3. The number of thiazole rings is 1. The highest BCUT2D eigenvalue weighted by atomic mass is 32.2. The molecule has 2 atom stereocenters. The number of β-lactam (4-membered cyclic amide) rings is 1. The number of hydrogen-bond acceptors (Lipinski definition) is 14. The molecule has 0 aromatic carbocycles. The lowest BCUT2D eigenvalue weighted by molar-refractivity contribution is -0.153. The van der Waals surface area contributed by atoms with Crippen LogP contribution in [-0.2, 0) is 42.6 Å². The quantitative estimate of drug-likeness (QED) is 0.0268. The van der Waals surface area contributed by atoms with Crippen LogP contribution in [0.5, 0.6) is 0 Å². The summed E-state index contributed by atoms with van der Waals surface area (Å²) in [5, 5.41) is 28.2. The van der Waals surface area contributed by atoms with Gasteiger partial charge in [-0.2, -0.15) is 23.4 Å². The van der Waals surface area contributed by atoms with Crippen LogP contribution in [0.15, 0.2) is 15.5 Å². The van der Waals surface area contributed by atoms with Crippen LogP contribution in [0.2, 0.25) is 0 Å². The fraction of sp³-hybridized carbons (Fsp3) is 0.524. The van der Waals surface area contributed by atoms with Gasteiger partial charge in [-0.15, -0.1) is 11.3 Å². The number of nitrogens with zero attached hydrogens (tertiary/aromatic N) is 7. The molecule has 43 heavy (non-hydrogen) atoms. The van der Waals surface area contributed by atoms with E-state index in [0.29, 0.717) is 30.9 Å². The van der Waals surface area contributed by atoms with Gasteiger partial charge in [0.2, 0.25) is 5.60 Å². The van der Waals surface area contributed by atoms with Gasteiger partial charge in [-0.3, -0.25) is 14.1 Å². The average molecular weight is 643 g/mol. The Bertz CT molecular complexity index is 1560. The summed E-state index contributed by atoms with van der Waals surface area (Å²) < 4.78 is 33.8. The lowest BCUT2D eigenvalue weighted by Crippen LogP contribution is -2.73. The molecular weight excluding hydrogens is 612 g/mol. The fourth-order valence-electron chi connectivity index (χ4n) is 3.94. The van der Waals surface area contributed by atoms with Gasteiger partial charge in [0.05, 0.1) is 18.8 Å². The number of hydrogen-bond donors (Lipinski definition) is 7. The van der Waals surface area contributed by atoms with Crippen LogP contribution in [-0.4, -0.2) is 103 Å². The third-order valence-electron chi connectivity index (χ3n) is 6.45. The number of aromatic nitrogens is 4. The highest BCUT2D eigenvalue weighted by molar-refractivity contribution is 7.84. The summed E-state index contributed by atoms with van der Waals surface area (Å²) in [6, 6.07) is -2.84. The average Bonchev–Trinajstić information content (AvgIpc) is 3.48. The largest absolute Gasteiger partial charge is 0.478 e. The first-order valence-corrected chi connectivity index (χ1v) is 15.0. The summed E-state index contributed by atoms with van der Waals surface area (Å²) in [7, 11) is -5.03. The van der Waals surface area contributed by atoms with Gasteiger partial charge in [-0.25, -0.2) is 19.1 Å². The molecule has 0 radical (unpaired) electrons. The third-order valence-corrected chi connectivity index (χ3v) is 8.07. The Balaban J connectivity index is 1.53. The second-order valence-corrected chi connectivity index (χ2v) is 11.8. The number of rotatable bonds is 14. The number of aryl methyl sites for hydroxylation is 1. The first-order valence-electron chi connectivity index (χ1n) is 12.7. The Kier molecular flexibility index (Phi) is 9.12. The van der Waals surface area contributed by atoms with Crippen LogP contribution in [0.3, 0.4) is 0 Å².